The van der Waals surface area contributed by atoms with Crippen LogP contribution in [0.5, 0.6) is 5.75 Å². The summed E-state index contributed by atoms with van der Waals surface area (Å²) in [6, 6.07) is 9.66. The van der Waals surface area contributed by atoms with E-state index in [1.165, 1.54) is 6.08 Å². The van der Waals surface area contributed by atoms with E-state index in [1.807, 2.05) is 0 Å². The third-order valence-corrected chi connectivity index (χ3v) is 5.84. The van der Waals surface area contributed by atoms with Gasteiger partial charge in [0.1, 0.15) is 17.2 Å². The normalized spacial score (nSPS) is 16.5. The molecule has 2 unspecified atom stereocenters. The summed E-state index contributed by atoms with van der Waals surface area (Å²) in [4.78, 5) is 25.2. The first-order valence-corrected chi connectivity index (χ1v) is 11.0. The van der Waals surface area contributed by atoms with Crippen molar-refractivity contribution >= 4 is 36.0 Å². The zero-order valence-electron chi connectivity index (χ0n) is 17.3. The second kappa shape index (κ2) is 9.42. The number of alkyl halides is 5. The molecule has 2 aromatic carbocycles. The monoisotopic (exact) mass is 516 g/mol. The highest BCUT2D eigenvalue weighted by Crippen LogP contribution is 2.39. The summed E-state index contributed by atoms with van der Waals surface area (Å²) in [5.74, 6) is -4.64. The smallest absolute Gasteiger partial charge is 0.432 e. The van der Waals surface area contributed by atoms with E-state index in [2.05, 4.69) is 4.74 Å². The zero-order valence-corrected chi connectivity index (χ0v) is 18.1. The number of carbonyl (C=O) groups excluding carboxylic acids is 2. The predicted molar refractivity (Wildman–Crippen MR) is 112 cm³/mol. The number of hydrogen-bond acceptors (Lipinski definition) is 6. The number of rotatable bonds is 7. The van der Waals surface area contributed by atoms with Crippen molar-refractivity contribution in [2.75, 3.05) is 0 Å². The molecule has 0 aromatic heterocycles. The summed E-state index contributed by atoms with van der Waals surface area (Å²) < 4.78 is 106. The van der Waals surface area contributed by atoms with Crippen LogP contribution < -0.4 is 4.74 Å². The maximum atomic E-state index is 13.8. The molecule has 1 aliphatic carbocycles. The van der Waals surface area contributed by atoms with Crippen LogP contribution in [0.2, 0.25) is 0 Å². The van der Waals surface area contributed by atoms with Crippen LogP contribution in [-0.2, 0) is 26.0 Å². The Hall–Kier alpha value is -3.26. The van der Waals surface area contributed by atoms with Crippen molar-refractivity contribution in [2.45, 2.75) is 29.8 Å². The van der Waals surface area contributed by atoms with Crippen molar-refractivity contribution in [3.63, 3.8) is 0 Å². The minimum absolute atomic E-state index is 0.155. The van der Waals surface area contributed by atoms with Gasteiger partial charge >= 0.3 is 33.5 Å². The lowest BCUT2D eigenvalue weighted by Gasteiger charge is -2.26. The van der Waals surface area contributed by atoms with Crippen molar-refractivity contribution in [1.82, 2.24) is 0 Å². The topological polar surface area (TPSA) is 107 Å². The molecule has 0 heterocycles. The summed E-state index contributed by atoms with van der Waals surface area (Å²) in [5.41, 5.74) is 0.598. The van der Waals surface area contributed by atoms with Crippen LogP contribution in [0.25, 0.3) is 6.08 Å². The fraction of sp³-hybridized carbons (Fsp3) is 0.238. The van der Waals surface area contributed by atoms with E-state index in [1.54, 1.807) is 30.3 Å². The number of esters is 2. The molecule has 0 fully saturated rings. The van der Waals surface area contributed by atoms with Crippen LogP contribution in [-0.4, -0.2) is 50.3 Å². The lowest BCUT2D eigenvalue weighted by Crippen LogP contribution is -2.52. The Kier molecular flexibility index (Phi) is 7.09. The number of ether oxygens (including phenoxy) is 2. The molecule has 184 valence electrons. The largest absolute Gasteiger partial charge is 0.441 e. The van der Waals surface area contributed by atoms with Gasteiger partial charge in [0.15, 0.2) is 0 Å². The van der Waals surface area contributed by atoms with Crippen LogP contribution >= 0.6 is 0 Å². The van der Waals surface area contributed by atoms with Crippen LogP contribution in [0.1, 0.15) is 33.0 Å². The molecule has 0 saturated carbocycles. The summed E-state index contributed by atoms with van der Waals surface area (Å²) in [6.07, 6.45) is -7.71. The number of hydrogen-bond donors (Lipinski definition) is 1. The summed E-state index contributed by atoms with van der Waals surface area (Å²) in [7, 11) is -1.14. The summed E-state index contributed by atoms with van der Waals surface area (Å²) in [5, 5.41) is -5.92. The second-order valence-electron chi connectivity index (χ2n) is 7.29. The maximum absolute atomic E-state index is 13.8. The fourth-order valence-corrected chi connectivity index (χ4v) is 3.66. The lowest BCUT2D eigenvalue weighted by molar-refractivity contribution is -0.248. The van der Waals surface area contributed by atoms with E-state index in [4.69, 9.17) is 17.1 Å². The van der Waals surface area contributed by atoms with Crippen molar-refractivity contribution < 1.29 is 54.0 Å². The molecule has 2 radical (unpaired) electrons. The van der Waals surface area contributed by atoms with Gasteiger partial charge in [0.05, 0.1) is 7.85 Å². The molecule has 0 spiro atoms. The van der Waals surface area contributed by atoms with Crippen molar-refractivity contribution in [3.8, 4) is 5.75 Å². The maximum Gasteiger partial charge on any atom is 0.432 e. The predicted octanol–water partition coefficient (Wildman–Crippen LogP) is 3.64. The molecule has 0 amide bonds. The minimum atomic E-state index is -6.63. The highest BCUT2D eigenvalue weighted by Gasteiger charge is 2.66. The van der Waals surface area contributed by atoms with Gasteiger partial charge in [-0.15, -0.1) is 0 Å². The lowest BCUT2D eigenvalue weighted by atomic mass is 9.95. The Morgan fingerprint density at radius 3 is 2.34 bits per heavy atom. The standard InChI is InChI=1S/C21H14BF5O7S/c22-10-11-5-7-15(18(29)34-19(20(23,24)25)21(26,27)35(30,31)32)16(9-11)33-17(28)14-8-6-12-3-1-2-4-13(12)14/h1-9,14,19H,10H2,(H,30,31,32). The van der Waals surface area contributed by atoms with Gasteiger partial charge in [-0.05, 0) is 23.3 Å². The highest BCUT2D eigenvalue weighted by molar-refractivity contribution is 7.86. The first-order valence-electron chi connectivity index (χ1n) is 9.61. The Morgan fingerprint density at radius 1 is 1.09 bits per heavy atom. The number of benzene rings is 2. The van der Waals surface area contributed by atoms with E-state index in [-0.39, 0.29) is 11.9 Å². The van der Waals surface area contributed by atoms with Crippen LogP contribution in [0.4, 0.5) is 22.0 Å². The molecule has 7 nitrogen and oxygen atoms in total. The van der Waals surface area contributed by atoms with Gasteiger partial charge in [-0.2, -0.15) is 30.4 Å². The van der Waals surface area contributed by atoms with Gasteiger partial charge in [-0.1, -0.05) is 54.4 Å². The molecule has 14 heteroatoms. The minimum Gasteiger partial charge on any atom is -0.441 e. The Labute approximate surface area is 196 Å². The van der Waals surface area contributed by atoms with E-state index in [0.29, 0.717) is 11.1 Å². The third-order valence-electron chi connectivity index (χ3n) is 4.94. The molecule has 0 saturated heterocycles. The van der Waals surface area contributed by atoms with Crippen LogP contribution in [0.15, 0.2) is 48.5 Å². The van der Waals surface area contributed by atoms with Crippen LogP contribution in [0, 0.1) is 0 Å². The van der Waals surface area contributed by atoms with Crippen molar-refractivity contribution in [3.05, 3.63) is 70.8 Å². The fourth-order valence-electron chi connectivity index (χ4n) is 3.21. The molecule has 1 N–H and O–H groups in total. The van der Waals surface area contributed by atoms with Crippen LogP contribution in [0.3, 0.4) is 0 Å². The molecule has 2 atom stereocenters. The van der Waals surface area contributed by atoms with Gasteiger partial charge in [-0.3, -0.25) is 9.35 Å². The SMILES string of the molecule is [B]Cc1ccc(C(=O)OC(C(F)(F)F)C(F)(F)S(=O)(=O)O)c(OC(=O)C2C=Cc3ccccc32)c1. The number of halogens is 5. The quantitative estimate of drug-likeness (QED) is 0.197. The van der Waals surface area contributed by atoms with E-state index >= 15 is 0 Å². The van der Waals surface area contributed by atoms with E-state index in [0.717, 1.165) is 18.2 Å². The molecular formula is C21H14BF5O7S. The molecule has 1 aliphatic rings. The Balaban J connectivity index is 1.95. The number of carbonyl (C=O) groups is 2. The molecule has 3 rings (SSSR count). The van der Waals surface area contributed by atoms with Gasteiger partial charge in [0.25, 0.3) is 6.10 Å². The van der Waals surface area contributed by atoms with Crippen molar-refractivity contribution in [1.29, 1.82) is 0 Å². The first kappa shape index (κ1) is 26.4. The molecule has 0 bridgehead atoms. The summed E-state index contributed by atoms with van der Waals surface area (Å²) in [6.45, 7) is 0. The number of fused-ring (bicyclic) bond motifs is 1. The van der Waals surface area contributed by atoms with Gasteiger partial charge < -0.3 is 9.47 Å². The Bertz CT molecular complexity index is 1290. The second-order valence-corrected chi connectivity index (χ2v) is 8.78. The van der Waals surface area contributed by atoms with E-state index < -0.39 is 56.8 Å². The van der Waals surface area contributed by atoms with Crippen molar-refractivity contribution in [2.24, 2.45) is 0 Å². The highest BCUT2D eigenvalue weighted by atomic mass is 32.2. The average molecular weight is 516 g/mol. The molecule has 35 heavy (non-hydrogen) atoms. The first-order chi connectivity index (χ1) is 16.2. The molecular weight excluding hydrogens is 502 g/mol. The van der Waals surface area contributed by atoms with Gasteiger partial charge in [0, 0.05) is 0 Å². The Morgan fingerprint density at radius 2 is 1.74 bits per heavy atom. The zero-order chi connectivity index (χ0) is 26.2. The molecule has 0 aliphatic heterocycles. The van der Waals surface area contributed by atoms with E-state index in [9.17, 15) is 40.0 Å². The van der Waals surface area contributed by atoms with Gasteiger partial charge in [0.2, 0.25) is 0 Å². The summed E-state index contributed by atoms with van der Waals surface area (Å²) >= 11 is 0. The van der Waals surface area contributed by atoms with Gasteiger partial charge in [-0.25, -0.2) is 4.79 Å². The average Bonchev–Trinajstić information content (AvgIpc) is 3.20. The molecule has 2 aromatic rings. The third kappa shape index (κ3) is 5.38.